The molecule has 80 valence electrons. The van der Waals surface area contributed by atoms with Crippen LogP contribution in [-0.4, -0.2) is 14.5 Å². The van der Waals surface area contributed by atoms with Crippen LogP contribution in [0.5, 0.6) is 0 Å². The van der Waals surface area contributed by atoms with Gasteiger partial charge in [0.1, 0.15) is 0 Å². The molecule has 0 aliphatic heterocycles. The number of hydrogen-bond acceptors (Lipinski definition) is 3. The van der Waals surface area contributed by atoms with Crippen molar-refractivity contribution in [3.8, 4) is 0 Å². The Kier molecular flexibility index (Phi) is 2.25. The molecule has 0 saturated carbocycles. The average molecular weight is 222 g/mol. The fourth-order valence-corrected chi connectivity index (χ4v) is 3.47. The van der Waals surface area contributed by atoms with Crippen LogP contribution < -0.4 is 0 Å². The minimum Gasteiger partial charge on any atom is -0.390 e. The first-order chi connectivity index (χ1) is 7.38. The number of fused-ring (bicyclic) bond motifs is 3. The van der Waals surface area contributed by atoms with Gasteiger partial charge in [-0.1, -0.05) is 6.42 Å². The number of hydrogen-bond donors (Lipinski definition) is 1. The molecule has 4 heteroatoms. The van der Waals surface area contributed by atoms with Crippen LogP contribution in [0.15, 0.2) is 6.20 Å². The van der Waals surface area contributed by atoms with E-state index in [-0.39, 0.29) is 6.61 Å². The highest BCUT2D eigenvalue weighted by atomic mass is 32.1. The normalized spacial score (nSPS) is 16.6. The van der Waals surface area contributed by atoms with Crippen molar-refractivity contribution in [1.82, 2.24) is 9.38 Å². The molecule has 3 rings (SSSR count). The molecule has 1 aliphatic carbocycles. The number of aryl methyl sites for hydroxylation is 2. The molecule has 0 saturated heterocycles. The van der Waals surface area contributed by atoms with Crippen molar-refractivity contribution < 1.29 is 5.11 Å². The standard InChI is InChI=1S/C11H14N2OS/c14-7-8-6-13-9-4-2-1-3-5-10(9)15-11(13)12-8/h6,14H,1-5,7H2. The van der Waals surface area contributed by atoms with Crippen molar-refractivity contribution in [2.75, 3.05) is 0 Å². The molecule has 0 amide bonds. The first-order valence-electron chi connectivity index (χ1n) is 5.48. The van der Waals surface area contributed by atoms with Gasteiger partial charge in [0.25, 0.3) is 0 Å². The third-order valence-electron chi connectivity index (χ3n) is 3.03. The highest BCUT2D eigenvalue weighted by Crippen LogP contribution is 2.29. The van der Waals surface area contributed by atoms with Gasteiger partial charge in [0.15, 0.2) is 4.96 Å². The van der Waals surface area contributed by atoms with Crippen molar-refractivity contribution in [3.63, 3.8) is 0 Å². The Labute approximate surface area is 92.4 Å². The Morgan fingerprint density at radius 3 is 3.07 bits per heavy atom. The number of imidazole rings is 1. The lowest BCUT2D eigenvalue weighted by molar-refractivity contribution is 0.277. The maximum Gasteiger partial charge on any atom is 0.194 e. The number of rotatable bonds is 1. The molecule has 2 heterocycles. The van der Waals surface area contributed by atoms with Crippen LogP contribution in [0, 0.1) is 0 Å². The molecule has 0 spiro atoms. The van der Waals surface area contributed by atoms with Crippen molar-refractivity contribution >= 4 is 16.3 Å². The van der Waals surface area contributed by atoms with Crippen LogP contribution in [-0.2, 0) is 19.4 Å². The second kappa shape index (κ2) is 3.61. The Balaban J connectivity index is 2.15. The Hall–Kier alpha value is -0.870. The molecule has 2 aromatic heterocycles. The third-order valence-corrected chi connectivity index (χ3v) is 4.19. The minimum atomic E-state index is 0.0448. The first-order valence-corrected chi connectivity index (χ1v) is 6.29. The molecule has 0 atom stereocenters. The predicted octanol–water partition coefficient (Wildman–Crippen LogP) is 2.16. The number of thiazole rings is 1. The van der Waals surface area contributed by atoms with E-state index in [0.29, 0.717) is 0 Å². The summed E-state index contributed by atoms with van der Waals surface area (Å²) in [6.07, 6.45) is 8.28. The smallest absolute Gasteiger partial charge is 0.194 e. The zero-order valence-corrected chi connectivity index (χ0v) is 9.39. The van der Waals surface area contributed by atoms with E-state index in [1.807, 2.05) is 6.20 Å². The number of aliphatic hydroxyl groups excluding tert-OH is 1. The molecular weight excluding hydrogens is 208 g/mol. The van der Waals surface area contributed by atoms with Gasteiger partial charge in [0, 0.05) is 16.8 Å². The molecule has 1 N–H and O–H groups in total. The topological polar surface area (TPSA) is 37.5 Å². The first kappa shape index (κ1) is 9.36. The number of nitrogens with zero attached hydrogens (tertiary/aromatic N) is 2. The van der Waals surface area contributed by atoms with Gasteiger partial charge in [0.2, 0.25) is 0 Å². The largest absolute Gasteiger partial charge is 0.390 e. The molecule has 0 unspecified atom stereocenters. The lowest BCUT2D eigenvalue weighted by atomic mass is 10.2. The van der Waals surface area contributed by atoms with E-state index in [1.54, 1.807) is 11.3 Å². The summed E-state index contributed by atoms with van der Waals surface area (Å²) >= 11 is 1.79. The van der Waals surface area contributed by atoms with E-state index < -0.39 is 0 Å². The Morgan fingerprint density at radius 2 is 2.20 bits per heavy atom. The lowest BCUT2D eigenvalue weighted by Crippen LogP contribution is -1.91. The van der Waals surface area contributed by atoms with E-state index in [2.05, 4.69) is 9.38 Å². The second-order valence-corrected chi connectivity index (χ2v) is 5.14. The molecule has 2 aromatic rings. The summed E-state index contributed by atoms with van der Waals surface area (Å²) in [5.41, 5.74) is 2.22. The zero-order chi connectivity index (χ0) is 10.3. The molecule has 0 radical (unpaired) electrons. The third kappa shape index (κ3) is 1.48. The van der Waals surface area contributed by atoms with Crippen molar-refractivity contribution in [2.24, 2.45) is 0 Å². The van der Waals surface area contributed by atoms with Gasteiger partial charge in [-0.2, -0.15) is 0 Å². The SMILES string of the molecule is OCc1cn2c3c(sc2n1)CCCCC3. The van der Waals surface area contributed by atoms with E-state index in [4.69, 9.17) is 5.11 Å². The van der Waals surface area contributed by atoms with Gasteiger partial charge in [-0.3, -0.25) is 4.40 Å². The van der Waals surface area contributed by atoms with E-state index in [0.717, 1.165) is 17.1 Å². The van der Waals surface area contributed by atoms with Gasteiger partial charge in [-0.15, -0.1) is 11.3 Å². The molecule has 0 aromatic carbocycles. The number of aromatic nitrogens is 2. The molecule has 3 nitrogen and oxygen atoms in total. The summed E-state index contributed by atoms with van der Waals surface area (Å²) in [7, 11) is 0. The summed E-state index contributed by atoms with van der Waals surface area (Å²) < 4.78 is 2.18. The minimum absolute atomic E-state index is 0.0448. The summed E-state index contributed by atoms with van der Waals surface area (Å²) in [6.45, 7) is 0.0448. The lowest BCUT2D eigenvalue weighted by Gasteiger charge is -1.97. The van der Waals surface area contributed by atoms with Crippen LogP contribution in [0.3, 0.4) is 0 Å². The second-order valence-electron chi connectivity index (χ2n) is 4.08. The van der Waals surface area contributed by atoms with Gasteiger partial charge >= 0.3 is 0 Å². The fourth-order valence-electron chi connectivity index (χ4n) is 2.26. The number of aliphatic hydroxyl groups is 1. The summed E-state index contributed by atoms with van der Waals surface area (Å²) in [5.74, 6) is 0. The average Bonchev–Trinajstić information content (AvgIpc) is 2.68. The molecule has 1 aliphatic rings. The van der Waals surface area contributed by atoms with Crippen LogP contribution in [0.1, 0.15) is 35.5 Å². The van der Waals surface area contributed by atoms with Crippen LogP contribution in [0.25, 0.3) is 4.96 Å². The quantitative estimate of drug-likeness (QED) is 0.751. The monoisotopic (exact) mass is 222 g/mol. The summed E-state index contributed by atoms with van der Waals surface area (Å²) in [4.78, 5) is 6.95. The van der Waals surface area contributed by atoms with Crippen molar-refractivity contribution in [3.05, 3.63) is 22.5 Å². The maximum atomic E-state index is 9.05. The predicted molar refractivity (Wildman–Crippen MR) is 60.3 cm³/mol. The summed E-state index contributed by atoms with van der Waals surface area (Å²) in [5, 5.41) is 9.05. The van der Waals surface area contributed by atoms with E-state index >= 15 is 0 Å². The van der Waals surface area contributed by atoms with Gasteiger partial charge in [-0.25, -0.2) is 4.98 Å². The molecule has 0 fully saturated rings. The van der Waals surface area contributed by atoms with Crippen molar-refractivity contribution in [1.29, 1.82) is 0 Å². The van der Waals surface area contributed by atoms with Crippen LogP contribution in [0.2, 0.25) is 0 Å². The molecule has 15 heavy (non-hydrogen) atoms. The highest BCUT2D eigenvalue weighted by molar-refractivity contribution is 7.17. The molecular formula is C11H14N2OS. The van der Waals surface area contributed by atoms with Crippen molar-refractivity contribution in [2.45, 2.75) is 38.7 Å². The molecule has 0 bridgehead atoms. The summed E-state index contributed by atoms with van der Waals surface area (Å²) in [6, 6.07) is 0. The maximum absolute atomic E-state index is 9.05. The van der Waals surface area contributed by atoms with E-state index in [1.165, 1.54) is 36.3 Å². The van der Waals surface area contributed by atoms with Crippen LogP contribution >= 0.6 is 11.3 Å². The van der Waals surface area contributed by atoms with Gasteiger partial charge in [0.05, 0.1) is 12.3 Å². The zero-order valence-electron chi connectivity index (χ0n) is 8.57. The fraction of sp³-hybridized carbons (Fsp3) is 0.545. The Morgan fingerprint density at radius 1 is 1.33 bits per heavy atom. The van der Waals surface area contributed by atoms with Crippen LogP contribution in [0.4, 0.5) is 0 Å². The van der Waals surface area contributed by atoms with Gasteiger partial charge < -0.3 is 5.11 Å². The van der Waals surface area contributed by atoms with Gasteiger partial charge in [-0.05, 0) is 25.7 Å². The highest BCUT2D eigenvalue weighted by Gasteiger charge is 2.16. The van der Waals surface area contributed by atoms with E-state index in [9.17, 15) is 0 Å². The Bertz CT molecular complexity index is 486.